The minimum absolute atomic E-state index is 0.0623. The number of carboxylic acid groups (broad SMARTS) is 1. The maximum Gasteiger partial charge on any atom is 0.334 e. The molecular formula is C14H19NO4. The first-order valence-electron chi connectivity index (χ1n) is 6.27. The lowest BCUT2D eigenvalue weighted by Crippen LogP contribution is -2.51. The molecule has 0 aliphatic carbocycles. The smallest absolute Gasteiger partial charge is 0.334 e. The summed E-state index contributed by atoms with van der Waals surface area (Å²) in [4.78, 5) is 24.3. The molecule has 1 aromatic rings. The standard InChI is InChI=1S/C14H19NO4/c1-3-9-15(10-16)14(4-2,13(18)19)11-5-7-12(17)8-6-11/h5-8,10,17H,3-4,9H2,1-2H3,(H,18,19). The lowest BCUT2D eigenvalue weighted by atomic mass is 9.85. The first-order valence-corrected chi connectivity index (χ1v) is 6.27. The second-order valence-electron chi connectivity index (χ2n) is 4.36. The SMILES string of the molecule is CCCN(C=O)C(CC)(C(=O)O)c1ccc(O)cc1. The Balaban J connectivity index is 3.36. The summed E-state index contributed by atoms with van der Waals surface area (Å²) in [5.41, 5.74) is -0.897. The van der Waals surface area contributed by atoms with Gasteiger partial charge in [-0.2, -0.15) is 0 Å². The second-order valence-corrected chi connectivity index (χ2v) is 4.36. The number of carbonyl (C=O) groups excluding carboxylic acids is 1. The average Bonchev–Trinajstić information content (AvgIpc) is 2.40. The van der Waals surface area contributed by atoms with Crippen LogP contribution in [0, 0.1) is 0 Å². The Morgan fingerprint density at radius 2 is 1.89 bits per heavy atom. The summed E-state index contributed by atoms with van der Waals surface area (Å²) in [5.74, 6) is -1.01. The molecule has 0 saturated heterocycles. The number of amides is 1. The number of rotatable bonds is 7. The van der Waals surface area contributed by atoms with Crippen LogP contribution >= 0.6 is 0 Å². The van der Waals surface area contributed by atoms with Crippen LogP contribution in [0.1, 0.15) is 32.3 Å². The first kappa shape index (κ1) is 15.0. The maximum absolute atomic E-state index is 11.7. The van der Waals surface area contributed by atoms with E-state index in [2.05, 4.69) is 0 Å². The fourth-order valence-electron chi connectivity index (χ4n) is 2.28. The van der Waals surface area contributed by atoms with Crippen LogP contribution < -0.4 is 0 Å². The van der Waals surface area contributed by atoms with Crippen molar-refractivity contribution in [1.82, 2.24) is 4.90 Å². The monoisotopic (exact) mass is 265 g/mol. The van der Waals surface area contributed by atoms with Gasteiger partial charge in [0.1, 0.15) is 5.75 Å². The molecule has 5 heteroatoms. The van der Waals surface area contributed by atoms with Gasteiger partial charge >= 0.3 is 5.97 Å². The van der Waals surface area contributed by atoms with E-state index in [1.165, 1.54) is 17.0 Å². The van der Waals surface area contributed by atoms with Gasteiger partial charge < -0.3 is 15.1 Å². The molecule has 1 aromatic carbocycles. The highest BCUT2D eigenvalue weighted by Gasteiger charge is 2.43. The van der Waals surface area contributed by atoms with E-state index in [0.29, 0.717) is 24.9 Å². The Bertz CT molecular complexity index is 443. The number of carbonyl (C=O) groups is 2. The van der Waals surface area contributed by atoms with E-state index in [0.717, 1.165) is 0 Å². The van der Waals surface area contributed by atoms with Crippen molar-refractivity contribution in [1.29, 1.82) is 0 Å². The summed E-state index contributed by atoms with van der Waals surface area (Å²) in [6, 6.07) is 5.94. The molecule has 104 valence electrons. The molecule has 0 aliphatic heterocycles. The minimum Gasteiger partial charge on any atom is -0.508 e. The van der Waals surface area contributed by atoms with E-state index >= 15 is 0 Å². The molecule has 0 bridgehead atoms. The quantitative estimate of drug-likeness (QED) is 0.739. The molecule has 0 radical (unpaired) electrons. The number of phenols is 1. The van der Waals surface area contributed by atoms with E-state index in [1.54, 1.807) is 19.1 Å². The zero-order valence-corrected chi connectivity index (χ0v) is 11.2. The molecule has 1 atom stereocenters. The van der Waals surface area contributed by atoms with Gasteiger partial charge in [-0.1, -0.05) is 26.0 Å². The van der Waals surface area contributed by atoms with Gasteiger partial charge in [-0.05, 0) is 30.5 Å². The molecule has 0 aliphatic rings. The number of hydrogen-bond donors (Lipinski definition) is 2. The normalized spacial score (nSPS) is 13.6. The Kier molecular flexibility index (Phi) is 4.92. The molecule has 0 saturated carbocycles. The average molecular weight is 265 g/mol. The second kappa shape index (κ2) is 6.22. The molecule has 2 N–H and O–H groups in total. The Labute approximate surface area is 112 Å². The van der Waals surface area contributed by atoms with Gasteiger partial charge in [0.25, 0.3) is 0 Å². The van der Waals surface area contributed by atoms with Gasteiger partial charge in [0, 0.05) is 6.54 Å². The maximum atomic E-state index is 11.7. The fraction of sp³-hybridized carbons (Fsp3) is 0.429. The van der Waals surface area contributed by atoms with Crippen molar-refractivity contribution >= 4 is 12.4 Å². The fourth-order valence-corrected chi connectivity index (χ4v) is 2.28. The highest BCUT2D eigenvalue weighted by Crippen LogP contribution is 2.33. The highest BCUT2D eigenvalue weighted by molar-refractivity contribution is 5.83. The third-order valence-electron chi connectivity index (χ3n) is 3.29. The van der Waals surface area contributed by atoms with Gasteiger partial charge in [0.15, 0.2) is 5.54 Å². The van der Waals surface area contributed by atoms with E-state index in [-0.39, 0.29) is 12.2 Å². The van der Waals surface area contributed by atoms with Crippen molar-refractivity contribution in [3.63, 3.8) is 0 Å². The van der Waals surface area contributed by atoms with Crippen LogP contribution in [-0.4, -0.2) is 34.0 Å². The van der Waals surface area contributed by atoms with Crippen molar-refractivity contribution in [2.45, 2.75) is 32.2 Å². The van der Waals surface area contributed by atoms with Crippen LogP contribution in [0.25, 0.3) is 0 Å². The number of carboxylic acids is 1. The minimum atomic E-state index is -1.38. The van der Waals surface area contributed by atoms with E-state index in [1.807, 2.05) is 6.92 Å². The molecule has 0 heterocycles. The summed E-state index contributed by atoms with van der Waals surface area (Å²) in [6.45, 7) is 3.98. The predicted molar refractivity (Wildman–Crippen MR) is 70.8 cm³/mol. The molecule has 19 heavy (non-hydrogen) atoms. The summed E-state index contributed by atoms with van der Waals surface area (Å²) in [7, 11) is 0. The predicted octanol–water partition coefficient (Wildman–Crippen LogP) is 1.95. The van der Waals surface area contributed by atoms with Crippen LogP contribution in [0.4, 0.5) is 0 Å². The molecule has 1 amide bonds. The van der Waals surface area contributed by atoms with E-state index < -0.39 is 11.5 Å². The molecule has 1 rings (SSSR count). The van der Waals surface area contributed by atoms with Gasteiger partial charge in [0.05, 0.1) is 0 Å². The van der Waals surface area contributed by atoms with E-state index in [4.69, 9.17) is 0 Å². The Morgan fingerprint density at radius 1 is 1.32 bits per heavy atom. The van der Waals surface area contributed by atoms with Gasteiger partial charge in [-0.3, -0.25) is 4.79 Å². The van der Waals surface area contributed by atoms with Crippen LogP contribution in [0.3, 0.4) is 0 Å². The Morgan fingerprint density at radius 3 is 2.26 bits per heavy atom. The van der Waals surface area contributed by atoms with Gasteiger partial charge in [-0.25, -0.2) is 4.79 Å². The third-order valence-corrected chi connectivity index (χ3v) is 3.29. The van der Waals surface area contributed by atoms with Gasteiger partial charge in [-0.15, -0.1) is 0 Å². The molecule has 0 spiro atoms. The number of aromatic hydroxyl groups is 1. The summed E-state index contributed by atoms with van der Waals surface area (Å²) >= 11 is 0. The molecule has 0 fully saturated rings. The number of aliphatic carboxylic acids is 1. The molecule has 1 unspecified atom stereocenters. The zero-order chi connectivity index (χ0) is 14.5. The van der Waals surface area contributed by atoms with Crippen LogP contribution in [0.15, 0.2) is 24.3 Å². The van der Waals surface area contributed by atoms with Crippen molar-refractivity contribution in [3.8, 4) is 5.75 Å². The van der Waals surface area contributed by atoms with Crippen molar-refractivity contribution in [2.24, 2.45) is 0 Å². The Hall–Kier alpha value is -2.04. The largest absolute Gasteiger partial charge is 0.508 e. The van der Waals surface area contributed by atoms with Crippen molar-refractivity contribution < 1.29 is 19.8 Å². The number of phenolic OH excluding ortho intramolecular Hbond substituents is 1. The summed E-state index contributed by atoms with van der Waals surface area (Å²) in [5, 5.41) is 18.9. The van der Waals surface area contributed by atoms with E-state index in [9.17, 15) is 19.8 Å². The number of benzene rings is 1. The van der Waals surface area contributed by atoms with Crippen LogP contribution in [0.5, 0.6) is 5.75 Å². The molecule has 0 aromatic heterocycles. The number of nitrogens with zero attached hydrogens (tertiary/aromatic N) is 1. The molecular weight excluding hydrogens is 246 g/mol. The molecule has 5 nitrogen and oxygen atoms in total. The topological polar surface area (TPSA) is 77.8 Å². The lowest BCUT2D eigenvalue weighted by Gasteiger charge is -2.38. The van der Waals surface area contributed by atoms with Crippen molar-refractivity contribution in [2.75, 3.05) is 6.54 Å². The summed E-state index contributed by atoms with van der Waals surface area (Å²) in [6.07, 6.45) is 1.51. The first-order chi connectivity index (χ1) is 9.02. The summed E-state index contributed by atoms with van der Waals surface area (Å²) < 4.78 is 0. The van der Waals surface area contributed by atoms with Crippen molar-refractivity contribution in [3.05, 3.63) is 29.8 Å². The zero-order valence-electron chi connectivity index (χ0n) is 11.2. The van der Waals surface area contributed by atoms with Gasteiger partial charge in [0.2, 0.25) is 6.41 Å². The lowest BCUT2D eigenvalue weighted by molar-refractivity contribution is -0.156. The third kappa shape index (κ3) is 2.70. The highest BCUT2D eigenvalue weighted by atomic mass is 16.4. The van der Waals surface area contributed by atoms with Crippen LogP contribution in [-0.2, 0) is 15.1 Å². The number of hydrogen-bond acceptors (Lipinski definition) is 3. The van der Waals surface area contributed by atoms with Crippen LogP contribution in [0.2, 0.25) is 0 Å².